The Morgan fingerprint density at radius 2 is 0.440 bits per heavy atom. The van der Waals surface area contributed by atoms with E-state index in [2.05, 4.69) is 231 Å². The lowest BCUT2D eigenvalue weighted by atomic mass is 10.2. The molecular weight excluding hydrogens is 697 g/mol. The third-order valence-corrected chi connectivity index (χ3v) is 157. The standard InChI is InChI=1S/C44H68Si6/c1-41(2,3)49(42(4,5)6)45(13,14)46(15,16)50(43(7,8)9,44(10,11)12)48(39-33-25-19-26-34-39,40-35-27-20-28-36-40)47(49,37-29-21-17-22-30-37)38-31-23-18-24-32-38/h17-36H,1-16H3. The van der Waals surface area contributed by atoms with Crippen LogP contribution in [-0.2, 0) is 0 Å². The highest BCUT2D eigenvalue weighted by Crippen LogP contribution is 2.72. The summed E-state index contributed by atoms with van der Waals surface area (Å²) in [6.07, 6.45) is 0. The van der Waals surface area contributed by atoms with Gasteiger partial charge in [-0.25, -0.2) is 0 Å². The molecule has 4 aromatic carbocycles. The normalized spacial score (nSPS) is 21.0. The lowest BCUT2D eigenvalue weighted by molar-refractivity contribution is 0.640. The zero-order valence-corrected chi connectivity index (χ0v) is 40.5. The summed E-state index contributed by atoms with van der Waals surface area (Å²) in [5, 5.41) is 7.66. The predicted molar refractivity (Wildman–Crippen MR) is 241 cm³/mol. The molecule has 0 nitrogen and oxygen atoms in total. The van der Waals surface area contributed by atoms with Crippen molar-refractivity contribution in [2.75, 3.05) is 0 Å². The smallest absolute Gasteiger partial charge is 0.0734 e. The molecule has 0 bridgehead atoms. The maximum Gasteiger partial charge on any atom is 0.111 e. The quantitative estimate of drug-likeness (QED) is 0.182. The number of benzene rings is 4. The van der Waals surface area contributed by atoms with Crippen LogP contribution in [0.4, 0.5) is 0 Å². The molecule has 0 spiro atoms. The van der Waals surface area contributed by atoms with E-state index in [0.29, 0.717) is 0 Å². The Labute approximate surface area is 312 Å². The topological polar surface area (TPSA) is 0 Å². The van der Waals surface area contributed by atoms with Crippen molar-refractivity contribution in [2.24, 2.45) is 0 Å². The second-order valence-electron chi connectivity index (χ2n) is 20.7. The van der Waals surface area contributed by atoms with Gasteiger partial charge in [0.15, 0.2) is 0 Å². The van der Waals surface area contributed by atoms with E-state index in [4.69, 9.17) is 0 Å². The lowest BCUT2D eigenvalue weighted by Crippen LogP contribution is -3.17. The molecule has 1 saturated heterocycles. The molecule has 1 aliphatic heterocycles. The highest BCUT2D eigenvalue weighted by molar-refractivity contribution is 8.20. The summed E-state index contributed by atoms with van der Waals surface area (Å²) in [7, 11) is -15.1. The Hall–Kier alpha value is -1.82. The molecule has 0 amide bonds. The van der Waals surface area contributed by atoms with Crippen LogP contribution in [0.25, 0.3) is 0 Å². The highest BCUT2D eigenvalue weighted by Gasteiger charge is 2.93. The van der Waals surface area contributed by atoms with Gasteiger partial charge in [-0.3, -0.25) is 0 Å². The molecule has 0 aliphatic carbocycles. The fourth-order valence-corrected chi connectivity index (χ4v) is 285. The maximum absolute atomic E-state index is 3.03. The molecule has 5 rings (SSSR count). The molecule has 268 valence electrons. The van der Waals surface area contributed by atoms with E-state index in [1.54, 1.807) is 20.7 Å². The second kappa shape index (κ2) is 12.4. The van der Waals surface area contributed by atoms with Crippen molar-refractivity contribution in [1.29, 1.82) is 0 Å². The molecule has 0 saturated carbocycles. The zero-order valence-electron chi connectivity index (χ0n) is 34.5. The Kier molecular flexibility index (Phi) is 9.75. The second-order valence-corrected chi connectivity index (χ2v) is 83.5. The molecule has 6 heteroatoms. The molecule has 0 unspecified atom stereocenters. The van der Waals surface area contributed by atoms with E-state index < -0.39 is 42.7 Å². The number of hydrogen-bond acceptors (Lipinski definition) is 0. The Bertz CT molecular complexity index is 1530. The Balaban J connectivity index is 2.48. The van der Waals surface area contributed by atoms with Crippen molar-refractivity contribution in [3.05, 3.63) is 121 Å². The van der Waals surface area contributed by atoms with Gasteiger partial charge in [-0.15, -0.1) is 0 Å². The summed E-state index contributed by atoms with van der Waals surface area (Å²) >= 11 is 0. The fourth-order valence-electron chi connectivity index (χ4n) is 15.5. The van der Waals surface area contributed by atoms with Crippen LogP contribution in [0.3, 0.4) is 0 Å². The Morgan fingerprint density at radius 1 is 0.280 bits per heavy atom. The molecule has 1 aliphatic rings. The lowest BCUT2D eigenvalue weighted by Gasteiger charge is -2.86. The minimum Gasteiger partial charge on any atom is -0.0734 e. The molecule has 0 atom stereocenters. The van der Waals surface area contributed by atoms with Crippen LogP contribution in [-0.4, -0.2) is 42.7 Å². The minimum absolute atomic E-state index is 0.168. The SMILES string of the molecule is CC(C)(C)[Si]1(C(C)(C)C)[Si](C)(C)[Si](C)(C)[Si](C(C)(C)C)(C(C)(C)C)[Si](c2ccccc2)(c2ccccc2)[Si]1(c1ccccc1)c1ccccc1. The van der Waals surface area contributed by atoms with Gasteiger partial charge in [0.25, 0.3) is 0 Å². The molecule has 1 fully saturated rings. The van der Waals surface area contributed by atoms with Gasteiger partial charge < -0.3 is 0 Å². The van der Waals surface area contributed by atoms with Gasteiger partial charge in [-0.1, -0.05) is 251 Å². The summed E-state index contributed by atoms with van der Waals surface area (Å²) in [6, 6.07) is 50.0. The molecular formula is C44H68Si6. The Morgan fingerprint density at radius 3 is 0.580 bits per heavy atom. The maximum atomic E-state index is 3.03. The van der Waals surface area contributed by atoms with Gasteiger partial charge in [0.05, 0.1) is 14.2 Å². The monoisotopic (exact) mass is 764 g/mol. The van der Waals surface area contributed by atoms with Gasteiger partial charge in [0, 0.05) is 14.2 Å². The van der Waals surface area contributed by atoms with Crippen molar-refractivity contribution in [2.45, 2.75) is 129 Å². The van der Waals surface area contributed by atoms with Crippen LogP contribution in [0, 0.1) is 0 Å². The van der Waals surface area contributed by atoms with Crippen molar-refractivity contribution < 1.29 is 0 Å². The first-order valence-electron chi connectivity index (χ1n) is 19.1. The van der Waals surface area contributed by atoms with Crippen LogP contribution in [0.15, 0.2) is 121 Å². The molecule has 0 radical (unpaired) electrons. The van der Waals surface area contributed by atoms with Crippen molar-refractivity contribution in [3.63, 3.8) is 0 Å². The summed E-state index contributed by atoms with van der Waals surface area (Å²) in [5.41, 5.74) is 0. The summed E-state index contributed by atoms with van der Waals surface area (Å²) in [4.78, 5) is 0. The van der Waals surface area contributed by atoms with Crippen LogP contribution in [0.5, 0.6) is 0 Å². The average molecular weight is 766 g/mol. The van der Waals surface area contributed by atoms with E-state index in [-0.39, 0.29) is 20.2 Å². The van der Waals surface area contributed by atoms with Gasteiger partial charge in [0.1, 0.15) is 14.2 Å². The zero-order chi connectivity index (χ0) is 37.5. The van der Waals surface area contributed by atoms with Gasteiger partial charge in [0.2, 0.25) is 0 Å². The summed E-state index contributed by atoms with van der Waals surface area (Å²) < 4.78 is 0. The molecule has 1 heterocycles. The first kappa shape index (κ1) is 39.4. The number of rotatable bonds is 4. The van der Waals surface area contributed by atoms with E-state index in [0.717, 1.165) is 0 Å². The third kappa shape index (κ3) is 4.53. The highest BCUT2D eigenvalue weighted by atomic mass is 30.2. The van der Waals surface area contributed by atoms with E-state index in [9.17, 15) is 0 Å². The van der Waals surface area contributed by atoms with Gasteiger partial charge in [-0.05, 0) is 20.2 Å². The van der Waals surface area contributed by atoms with E-state index in [1.165, 1.54) is 0 Å². The number of hydrogen-bond donors (Lipinski definition) is 0. The first-order valence-corrected chi connectivity index (χ1v) is 39.1. The summed E-state index contributed by atoms with van der Waals surface area (Å²) in [6.45, 7) is 45.2. The summed E-state index contributed by atoms with van der Waals surface area (Å²) in [5.74, 6) is 0. The predicted octanol–water partition coefficient (Wildman–Crippen LogP) is 10.5. The van der Waals surface area contributed by atoms with E-state index >= 15 is 0 Å². The third-order valence-electron chi connectivity index (χ3n) is 14.5. The van der Waals surface area contributed by atoms with Crippen LogP contribution in [0.1, 0.15) is 83.1 Å². The minimum atomic E-state index is -2.89. The van der Waals surface area contributed by atoms with Crippen molar-refractivity contribution in [3.8, 4) is 0 Å². The van der Waals surface area contributed by atoms with Gasteiger partial charge >= 0.3 is 0 Å². The van der Waals surface area contributed by atoms with Crippen LogP contribution >= 0.6 is 0 Å². The van der Waals surface area contributed by atoms with Gasteiger partial charge in [-0.2, -0.15) is 0 Å². The molecule has 50 heavy (non-hydrogen) atoms. The largest absolute Gasteiger partial charge is 0.111 e. The molecule has 4 aromatic rings. The van der Waals surface area contributed by atoms with Crippen molar-refractivity contribution >= 4 is 63.4 Å². The van der Waals surface area contributed by atoms with Crippen LogP contribution < -0.4 is 20.7 Å². The molecule has 0 N–H and O–H groups in total. The molecule has 0 aromatic heterocycles. The first-order chi connectivity index (χ1) is 22.9. The fraction of sp³-hybridized carbons (Fsp3) is 0.455. The average Bonchev–Trinajstić information content (AvgIpc) is 3.01. The van der Waals surface area contributed by atoms with Crippen LogP contribution in [0.2, 0.25) is 46.3 Å². The van der Waals surface area contributed by atoms with Crippen molar-refractivity contribution in [1.82, 2.24) is 0 Å². The van der Waals surface area contributed by atoms with E-state index in [1.807, 2.05) is 0 Å².